The van der Waals surface area contributed by atoms with Crippen LogP contribution in [0.2, 0.25) is 0 Å². The van der Waals surface area contributed by atoms with Crippen molar-refractivity contribution >= 4 is 22.4 Å². The number of carbonyl (C=O) groups excluding carboxylic acids is 1. The molecule has 0 saturated carbocycles. The van der Waals surface area contributed by atoms with E-state index in [2.05, 4.69) is 5.32 Å². The van der Waals surface area contributed by atoms with Crippen molar-refractivity contribution in [2.45, 2.75) is 11.3 Å². The number of rotatable bonds is 5. The van der Waals surface area contributed by atoms with Gasteiger partial charge in [0.1, 0.15) is 5.75 Å². The molecular weight excluding hydrogens is 240 g/mol. The Kier molecular flexibility index (Phi) is 4.96. The average molecular weight is 256 g/mol. The first-order valence-electron chi connectivity index (χ1n) is 5.11. The van der Waals surface area contributed by atoms with Crippen molar-refractivity contribution in [3.63, 3.8) is 0 Å². The summed E-state index contributed by atoms with van der Waals surface area (Å²) < 4.78 is 17.0. The van der Waals surface area contributed by atoms with Gasteiger partial charge in [-0.25, -0.2) is 0 Å². The second-order valence-electron chi connectivity index (χ2n) is 3.38. The van der Waals surface area contributed by atoms with Crippen LogP contribution in [0.15, 0.2) is 23.1 Å². The van der Waals surface area contributed by atoms with Crippen LogP contribution in [0.3, 0.4) is 0 Å². The van der Waals surface area contributed by atoms with Crippen molar-refractivity contribution in [1.82, 2.24) is 5.32 Å². The molecule has 0 spiro atoms. The molecule has 0 aliphatic rings. The monoisotopic (exact) mass is 256 g/mol. The second-order valence-corrected chi connectivity index (χ2v) is 4.92. The lowest BCUT2D eigenvalue weighted by Crippen LogP contribution is -2.20. The highest BCUT2D eigenvalue weighted by molar-refractivity contribution is 7.85. The van der Waals surface area contributed by atoms with E-state index in [0.29, 0.717) is 16.3 Å². The molecule has 3 N–H and O–H groups in total. The van der Waals surface area contributed by atoms with Gasteiger partial charge in [0.05, 0.1) is 22.8 Å². The van der Waals surface area contributed by atoms with E-state index >= 15 is 0 Å². The fraction of sp³-hybridized carbons (Fsp3) is 0.364. The summed E-state index contributed by atoms with van der Waals surface area (Å²) in [7, 11) is 1.78. The summed E-state index contributed by atoms with van der Waals surface area (Å²) in [5, 5.41) is 2.48. The van der Waals surface area contributed by atoms with E-state index in [1.165, 1.54) is 7.11 Å². The van der Waals surface area contributed by atoms with E-state index in [1.54, 1.807) is 25.2 Å². The largest absolute Gasteiger partial charge is 0.497 e. The van der Waals surface area contributed by atoms with Gasteiger partial charge in [-0.15, -0.1) is 0 Å². The van der Waals surface area contributed by atoms with Crippen LogP contribution in [0.1, 0.15) is 6.42 Å². The Hall–Kier alpha value is -1.56. The average Bonchev–Trinajstić information content (AvgIpc) is 2.36. The normalized spacial score (nSPS) is 11.9. The molecule has 6 heteroatoms. The summed E-state index contributed by atoms with van der Waals surface area (Å²) in [6, 6.07) is 4.98. The summed E-state index contributed by atoms with van der Waals surface area (Å²) >= 11 is 0. The Morgan fingerprint density at radius 1 is 1.53 bits per heavy atom. The zero-order valence-corrected chi connectivity index (χ0v) is 10.7. The molecule has 1 rings (SSSR count). The fourth-order valence-electron chi connectivity index (χ4n) is 1.26. The van der Waals surface area contributed by atoms with E-state index in [1.807, 2.05) is 0 Å². The number of ether oxygens (including phenoxy) is 1. The van der Waals surface area contributed by atoms with Crippen LogP contribution in [0.5, 0.6) is 5.75 Å². The van der Waals surface area contributed by atoms with E-state index in [9.17, 15) is 9.00 Å². The minimum absolute atomic E-state index is 0.139. The van der Waals surface area contributed by atoms with E-state index in [0.717, 1.165) is 0 Å². The number of amides is 1. The third-order valence-electron chi connectivity index (χ3n) is 2.26. The lowest BCUT2D eigenvalue weighted by atomic mass is 10.3. The Bertz CT molecular complexity index is 435. The summed E-state index contributed by atoms with van der Waals surface area (Å²) in [5.74, 6) is 0.708. The third kappa shape index (κ3) is 3.74. The predicted octanol–water partition coefficient (Wildman–Crippen LogP) is 0.521. The maximum Gasteiger partial charge on any atom is 0.220 e. The SMILES string of the molecule is CNC(=O)CCS(=O)c1cc(OC)ccc1N. The number of carbonyl (C=O) groups is 1. The molecule has 0 aliphatic carbocycles. The molecule has 1 aromatic rings. The number of nitrogen functional groups attached to an aromatic ring is 1. The number of anilines is 1. The molecule has 0 radical (unpaired) electrons. The summed E-state index contributed by atoms with van der Waals surface area (Å²) in [5.41, 5.74) is 6.18. The van der Waals surface area contributed by atoms with Crippen molar-refractivity contribution in [1.29, 1.82) is 0 Å². The van der Waals surface area contributed by atoms with Gasteiger partial charge in [-0.3, -0.25) is 9.00 Å². The smallest absolute Gasteiger partial charge is 0.220 e. The molecular formula is C11H16N2O3S. The van der Waals surface area contributed by atoms with Crippen molar-refractivity contribution in [3.05, 3.63) is 18.2 Å². The Labute approximate surface area is 103 Å². The molecule has 0 fully saturated rings. The molecule has 1 unspecified atom stereocenters. The standard InChI is InChI=1S/C11H16N2O3S/c1-13-11(14)5-6-17(15)10-7-8(16-2)3-4-9(10)12/h3-4,7H,5-6,12H2,1-2H3,(H,13,14). The van der Waals surface area contributed by atoms with E-state index in [-0.39, 0.29) is 18.1 Å². The van der Waals surface area contributed by atoms with Crippen LogP contribution in [-0.4, -0.2) is 30.0 Å². The lowest BCUT2D eigenvalue weighted by molar-refractivity contribution is -0.120. The van der Waals surface area contributed by atoms with Crippen LogP contribution in [0.4, 0.5) is 5.69 Å². The highest BCUT2D eigenvalue weighted by Crippen LogP contribution is 2.23. The molecule has 94 valence electrons. The first-order valence-corrected chi connectivity index (χ1v) is 6.43. The number of hydrogen-bond acceptors (Lipinski definition) is 4. The van der Waals surface area contributed by atoms with Gasteiger partial charge < -0.3 is 15.8 Å². The molecule has 1 atom stereocenters. The maximum atomic E-state index is 11.9. The Morgan fingerprint density at radius 3 is 2.82 bits per heavy atom. The minimum Gasteiger partial charge on any atom is -0.497 e. The Balaban J connectivity index is 2.77. The van der Waals surface area contributed by atoms with Gasteiger partial charge in [-0.2, -0.15) is 0 Å². The van der Waals surface area contributed by atoms with Crippen molar-refractivity contribution in [2.75, 3.05) is 25.6 Å². The Morgan fingerprint density at radius 2 is 2.24 bits per heavy atom. The maximum absolute atomic E-state index is 11.9. The zero-order chi connectivity index (χ0) is 12.8. The van der Waals surface area contributed by atoms with E-state index < -0.39 is 10.8 Å². The van der Waals surface area contributed by atoms with Crippen LogP contribution < -0.4 is 15.8 Å². The lowest BCUT2D eigenvalue weighted by Gasteiger charge is -2.07. The molecule has 1 amide bonds. The molecule has 5 nitrogen and oxygen atoms in total. The van der Waals surface area contributed by atoms with Gasteiger partial charge in [0.15, 0.2) is 0 Å². The molecule has 17 heavy (non-hydrogen) atoms. The summed E-state index contributed by atoms with van der Waals surface area (Å²) in [6.07, 6.45) is 0.208. The molecule has 0 saturated heterocycles. The van der Waals surface area contributed by atoms with Crippen molar-refractivity contribution < 1.29 is 13.7 Å². The van der Waals surface area contributed by atoms with Crippen LogP contribution >= 0.6 is 0 Å². The number of nitrogens with one attached hydrogen (secondary N) is 1. The topological polar surface area (TPSA) is 81.4 Å². The van der Waals surface area contributed by atoms with Crippen molar-refractivity contribution in [2.24, 2.45) is 0 Å². The first kappa shape index (κ1) is 13.5. The summed E-state index contributed by atoms with van der Waals surface area (Å²) in [4.78, 5) is 11.6. The molecule has 1 aromatic carbocycles. The first-order chi connectivity index (χ1) is 8.08. The molecule has 0 aliphatic heterocycles. The second kappa shape index (κ2) is 6.24. The number of nitrogens with two attached hydrogens (primary N) is 1. The third-order valence-corrected chi connectivity index (χ3v) is 3.68. The molecule has 0 heterocycles. The molecule has 0 aromatic heterocycles. The van der Waals surface area contributed by atoms with Gasteiger partial charge in [-0.05, 0) is 18.2 Å². The van der Waals surface area contributed by atoms with Crippen LogP contribution in [0, 0.1) is 0 Å². The van der Waals surface area contributed by atoms with Gasteiger partial charge in [0.25, 0.3) is 0 Å². The van der Waals surface area contributed by atoms with Gasteiger partial charge in [0, 0.05) is 24.9 Å². The number of benzene rings is 1. The molecule has 0 bridgehead atoms. The number of hydrogen-bond donors (Lipinski definition) is 2. The highest BCUT2D eigenvalue weighted by Gasteiger charge is 2.11. The van der Waals surface area contributed by atoms with Gasteiger partial charge in [0.2, 0.25) is 5.91 Å². The fourth-order valence-corrected chi connectivity index (χ4v) is 2.43. The van der Waals surface area contributed by atoms with Crippen molar-refractivity contribution in [3.8, 4) is 5.75 Å². The summed E-state index contributed by atoms with van der Waals surface area (Å²) in [6.45, 7) is 0. The number of methoxy groups -OCH3 is 1. The predicted molar refractivity (Wildman–Crippen MR) is 67.4 cm³/mol. The van der Waals surface area contributed by atoms with Crippen LogP contribution in [0.25, 0.3) is 0 Å². The minimum atomic E-state index is -1.29. The van der Waals surface area contributed by atoms with E-state index in [4.69, 9.17) is 10.5 Å². The quantitative estimate of drug-likeness (QED) is 0.753. The van der Waals surface area contributed by atoms with Crippen LogP contribution in [-0.2, 0) is 15.6 Å². The van der Waals surface area contributed by atoms with Gasteiger partial charge in [-0.1, -0.05) is 0 Å². The zero-order valence-electron chi connectivity index (χ0n) is 9.86. The van der Waals surface area contributed by atoms with Gasteiger partial charge >= 0.3 is 0 Å². The highest BCUT2D eigenvalue weighted by atomic mass is 32.2.